The van der Waals surface area contributed by atoms with E-state index in [2.05, 4.69) is 59.1 Å². The zero-order chi connectivity index (χ0) is 12.8. The van der Waals surface area contributed by atoms with Gasteiger partial charge in [-0.1, -0.05) is 33.6 Å². The monoisotopic (exact) mass is 228 g/mol. The Morgan fingerprint density at radius 3 is 2.12 bits per heavy atom. The second kappa shape index (κ2) is 7.29. The molecule has 0 aromatic carbocycles. The first-order valence-electron chi connectivity index (χ1n) is 6.77. The molecule has 0 saturated carbocycles. The molecule has 0 spiro atoms. The Hall–Kier alpha value is -0.0800. The third-order valence-corrected chi connectivity index (χ3v) is 4.26. The van der Waals surface area contributed by atoms with Crippen LogP contribution in [0.5, 0.6) is 0 Å². The molecule has 0 fully saturated rings. The summed E-state index contributed by atoms with van der Waals surface area (Å²) in [7, 11) is 6.48. The van der Waals surface area contributed by atoms with Crippen molar-refractivity contribution in [1.29, 1.82) is 0 Å². The van der Waals surface area contributed by atoms with E-state index in [1.165, 1.54) is 25.7 Å². The van der Waals surface area contributed by atoms with E-state index < -0.39 is 0 Å². The minimum absolute atomic E-state index is 0.261. The Balaban J connectivity index is 4.56. The Morgan fingerprint density at radius 1 is 1.25 bits per heavy atom. The van der Waals surface area contributed by atoms with E-state index >= 15 is 0 Å². The summed E-state index contributed by atoms with van der Waals surface area (Å²) in [5.74, 6) is 0.813. The largest absolute Gasteiger partial charge is 0.315 e. The van der Waals surface area contributed by atoms with Crippen molar-refractivity contribution in [3.63, 3.8) is 0 Å². The molecule has 0 aliphatic heterocycles. The Kier molecular flexibility index (Phi) is 7.25. The molecule has 1 N–H and O–H groups in total. The third-order valence-electron chi connectivity index (χ3n) is 4.26. The van der Waals surface area contributed by atoms with Crippen LogP contribution in [0.25, 0.3) is 0 Å². The summed E-state index contributed by atoms with van der Waals surface area (Å²) in [6.07, 6.45) is 5.09. The van der Waals surface area contributed by atoms with Crippen molar-refractivity contribution < 1.29 is 0 Å². The Morgan fingerprint density at radius 2 is 1.81 bits per heavy atom. The van der Waals surface area contributed by atoms with Crippen LogP contribution in [0.3, 0.4) is 0 Å². The Bertz CT molecular complexity index is 180. The lowest BCUT2D eigenvalue weighted by Gasteiger charge is -2.43. The normalized spacial score (nSPS) is 19.5. The lowest BCUT2D eigenvalue weighted by molar-refractivity contribution is 0.103. The molecule has 0 aromatic rings. The lowest BCUT2D eigenvalue weighted by atomic mass is 9.82. The lowest BCUT2D eigenvalue weighted by Crippen LogP contribution is -2.56. The molecule has 0 heterocycles. The molecular weight excluding hydrogens is 196 g/mol. The smallest absolute Gasteiger partial charge is 0.0325 e. The van der Waals surface area contributed by atoms with Gasteiger partial charge in [-0.3, -0.25) is 0 Å². The molecule has 3 atom stereocenters. The van der Waals surface area contributed by atoms with E-state index in [0.717, 1.165) is 5.92 Å². The number of hydrogen-bond acceptors (Lipinski definition) is 2. The average molecular weight is 228 g/mol. The van der Waals surface area contributed by atoms with E-state index in [4.69, 9.17) is 0 Å². The maximum Gasteiger partial charge on any atom is 0.0325 e. The highest BCUT2D eigenvalue weighted by Crippen LogP contribution is 2.26. The van der Waals surface area contributed by atoms with Crippen LogP contribution in [0.15, 0.2) is 0 Å². The van der Waals surface area contributed by atoms with Crippen LogP contribution in [0.4, 0.5) is 0 Å². The van der Waals surface area contributed by atoms with Crippen molar-refractivity contribution in [3.8, 4) is 0 Å². The van der Waals surface area contributed by atoms with Gasteiger partial charge in [0.1, 0.15) is 0 Å². The molecular formula is C14H32N2. The minimum atomic E-state index is 0.261. The molecule has 0 aliphatic carbocycles. The summed E-state index contributed by atoms with van der Waals surface area (Å²) in [6.45, 7) is 9.30. The van der Waals surface area contributed by atoms with Gasteiger partial charge in [-0.15, -0.1) is 0 Å². The van der Waals surface area contributed by atoms with Gasteiger partial charge in [0, 0.05) is 11.6 Å². The molecule has 0 bridgehead atoms. The quantitative estimate of drug-likeness (QED) is 0.686. The van der Waals surface area contributed by atoms with Gasteiger partial charge in [0.25, 0.3) is 0 Å². The van der Waals surface area contributed by atoms with Gasteiger partial charge in [-0.25, -0.2) is 0 Å². The first kappa shape index (κ1) is 15.9. The molecule has 16 heavy (non-hydrogen) atoms. The van der Waals surface area contributed by atoms with Crippen molar-refractivity contribution in [1.82, 2.24) is 10.2 Å². The van der Waals surface area contributed by atoms with E-state index in [9.17, 15) is 0 Å². The summed E-state index contributed by atoms with van der Waals surface area (Å²) >= 11 is 0. The molecule has 0 amide bonds. The second-order valence-electron chi connectivity index (χ2n) is 5.58. The Labute approximate surface area is 103 Å². The second-order valence-corrected chi connectivity index (χ2v) is 5.58. The molecule has 2 heteroatoms. The standard InChI is InChI=1S/C14H32N2/c1-8-10-12(3)11-13(15-5)14(4,9-2)16(6)7/h12-13,15H,8-11H2,1-7H3. The van der Waals surface area contributed by atoms with Crippen LogP contribution in [-0.2, 0) is 0 Å². The van der Waals surface area contributed by atoms with Gasteiger partial charge in [0.15, 0.2) is 0 Å². The minimum Gasteiger partial charge on any atom is -0.315 e. The molecule has 0 saturated heterocycles. The highest BCUT2D eigenvalue weighted by atomic mass is 15.2. The zero-order valence-corrected chi connectivity index (χ0v) is 12.4. The molecule has 98 valence electrons. The van der Waals surface area contributed by atoms with Gasteiger partial charge >= 0.3 is 0 Å². The highest BCUT2D eigenvalue weighted by molar-refractivity contribution is 4.94. The fourth-order valence-electron chi connectivity index (χ4n) is 2.57. The SMILES string of the molecule is CCCC(C)CC(NC)C(C)(CC)N(C)C. The number of nitrogens with one attached hydrogen (secondary N) is 1. The first-order chi connectivity index (χ1) is 7.42. The summed E-state index contributed by atoms with van der Waals surface area (Å²) in [5, 5.41) is 3.52. The molecule has 0 aliphatic rings. The number of rotatable bonds is 8. The van der Waals surface area contributed by atoms with Crippen molar-refractivity contribution in [3.05, 3.63) is 0 Å². The average Bonchev–Trinajstić information content (AvgIpc) is 2.24. The summed E-state index contributed by atoms with van der Waals surface area (Å²) in [6, 6.07) is 0.578. The summed E-state index contributed by atoms with van der Waals surface area (Å²) < 4.78 is 0. The van der Waals surface area contributed by atoms with E-state index in [0.29, 0.717) is 6.04 Å². The predicted molar refractivity (Wildman–Crippen MR) is 73.9 cm³/mol. The van der Waals surface area contributed by atoms with Crippen LogP contribution < -0.4 is 5.32 Å². The fraction of sp³-hybridized carbons (Fsp3) is 1.00. The van der Waals surface area contributed by atoms with Gasteiger partial charge in [0.2, 0.25) is 0 Å². The van der Waals surface area contributed by atoms with Crippen LogP contribution >= 0.6 is 0 Å². The number of likely N-dealkylation sites (N-methyl/N-ethyl adjacent to an activating group) is 2. The van der Waals surface area contributed by atoms with Gasteiger partial charge in [0.05, 0.1) is 0 Å². The maximum absolute atomic E-state index is 3.52. The molecule has 0 aromatic heterocycles. The van der Waals surface area contributed by atoms with Crippen molar-refractivity contribution in [2.75, 3.05) is 21.1 Å². The highest BCUT2D eigenvalue weighted by Gasteiger charge is 2.34. The number of hydrogen-bond donors (Lipinski definition) is 1. The van der Waals surface area contributed by atoms with Crippen molar-refractivity contribution in [2.45, 2.75) is 65.0 Å². The van der Waals surface area contributed by atoms with Crippen LogP contribution in [0.1, 0.15) is 53.4 Å². The third kappa shape index (κ3) is 4.06. The predicted octanol–water partition coefficient (Wildman–Crippen LogP) is 3.13. The molecule has 0 radical (unpaired) electrons. The maximum atomic E-state index is 3.52. The van der Waals surface area contributed by atoms with Gasteiger partial charge in [-0.05, 0) is 46.8 Å². The van der Waals surface area contributed by atoms with E-state index in [-0.39, 0.29) is 5.54 Å². The van der Waals surface area contributed by atoms with Crippen LogP contribution in [0, 0.1) is 5.92 Å². The molecule has 3 unspecified atom stereocenters. The van der Waals surface area contributed by atoms with E-state index in [1.54, 1.807) is 0 Å². The van der Waals surface area contributed by atoms with Crippen molar-refractivity contribution >= 4 is 0 Å². The van der Waals surface area contributed by atoms with E-state index in [1.807, 2.05) is 0 Å². The first-order valence-corrected chi connectivity index (χ1v) is 6.77. The van der Waals surface area contributed by atoms with Crippen LogP contribution in [-0.4, -0.2) is 37.6 Å². The van der Waals surface area contributed by atoms with Crippen molar-refractivity contribution in [2.24, 2.45) is 5.92 Å². The summed E-state index contributed by atoms with van der Waals surface area (Å²) in [5.41, 5.74) is 0.261. The van der Waals surface area contributed by atoms with Gasteiger partial charge in [-0.2, -0.15) is 0 Å². The van der Waals surface area contributed by atoms with Crippen LogP contribution in [0.2, 0.25) is 0 Å². The van der Waals surface area contributed by atoms with Gasteiger partial charge < -0.3 is 10.2 Å². The number of nitrogens with zero attached hydrogens (tertiary/aromatic N) is 1. The fourth-order valence-corrected chi connectivity index (χ4v) is 2.57. The topological polar surface area (TPSA) is 15.3 Å². The zero-order valence-electron chi connectivity index (χ0n) is 12.4. The molecule has 2 nitrogen and oxygen atoms in total. The summed E-state index contributed by atoms with van der Waals surface area (Å²) in [4.78, 5) is 2.37. The molecule has 0 rings (SSSR count).